The summed E-state index contributed by atoms with van der Waals surface area (Å²) >= 11 is 1.58. The van der Waals surface area contributed by atoms with Crippen LogP contribution in [-0.2, 0) is 7.05 Å². The SMILES string of the molecule is C[C@H](O)c1cc2c(C3CC3)cc(-c3cnc4nn(C)cc4c3)nc2s1. The number of aliphatic hydroxyl groups excluding tert-OH is 1. The van der Waals surface area contributed by atoms with E-state index in [0.29, 0.717) is 5.92 Å². The molecule has 4 aromatic heterocycles. The lowest BCUT2D eigenvalue weighted by Gasteiger charge is -2.06. The molecule has 1 fully saturated rings. The predicted octanol–water partition coefficient (Wildman–Crippen LogP) is 4.18. The van der Waals surface area contributed by atoms with E-state index in [4.69, 9.17) is 4.98 Å². The molecule has 0 amide bonds. The molecule has 1 aliphatic carbocycles. The van der Waals surface area contributed by atoms with E-state index in [1.165, 1.54) is 23.8 Å². The van der Waals surface area contributed by atoms with E-state index in [-0.39, 0.29) is 0 Å². The number of pyridine rings is 2. The Kier molecular flexibility index (Phi) is 3.20. The monoisotopic (exact) mass is 350 g/mol. The second kappa shape index (κ2) is 5.34. The van der Waals surface area contributed by atoms with Crippen LogP contribution in [0.25, 0.3) is 32.5 Å². The summed E-state index contributed by atoms with van der Waals surface area (Å²) in [4.78, 5) is 11.3. The van der Waals surface area contributed by atoms with E-state index in [2.05, 4.69) is 28.3 Å². The minimum Gasteiger partial charge on any atom is -0.388 e. The molecule has 1 atom stereocenters. The molecule has 4 aromatic rings. The van der Waals surface area contributed by atoms with Gasteiger partial charge in [0.2, 0.25) is 0 Å². The standard InChI is InChI=1S/C19H18N4OS/c1-10(24)17-7-15-14(11-3-4-11)6-16(21-19(15)25-17)12-5-13-9-23(2)22-18(13)20-8-12/h5-11,24H,3-4H2,1-2H3/t10-/m0/s1. The number of fused-ring (bicyclic) bond motifs is 2. The molecular formula is C19H18N4OS. The van der Waals surface area contributed by atoms with Crippen molar-refractivity contribution in [3.8, 4) is 11.3 Å². The van der Waals surface area contributed by atoms with Crippen LogP contribution >= 0.6 is 11.3 Å². The number of thiophene rings is 1. The maximum atomic E-state index is 9.94. The summed E-state index contributed by atoms with van der Waals surface area (Å²) in [5, 5.41) is 16.5. The zero-order valence-corrected chi connectivity index (χ0v) is 14.9. The van der Waals surface area contributed by atoms with Crippen molar-refractivity contribution in [2.75, 3.05) is 0 Å². The Balaban J connectivity index is 1.71. The average molecular weight is 350 g/mol. The van der Waals surface area contributed by atoms with Gasteiger partial charge in [-0.3, -0.25) is 4.68 Å². The highest BCUT2D eigenvalue weighted by molar-refractivity contribution is 7.18. The third-order valence-electron chi connectivity index (χ3n) is 4.75. The quantitative estimate of drug-likeness (QED) is 0.602. The molecule has 6 heteroatoms. The first-order valence-electron chi connectivity index (χ1n) is 8.51. The fraction of sp³-hybridized carbons (Fsp3) is 0.316. The molecular weight excluding hydrogens is 332 g/mol. The third kappa shape index (κ3) is 2.53. The number of nitrogens with zero attached hydrogens (tertiary/aromatic N) is 4. The van der Waals surface area contributed by atoms with Gasteiger partial charge in [0.15, 0.2) is 5.65 Å². The molecule has 0 aliphatic heterocycles. The van der Waals surface area contributed by atoms with Gasteiger partial charge in [-0.1, -0.05) is 0 Å². The van der Waals surface area contributed by atoms with Gasteiger partial charge >= 0.3 is 0 Å². The topological polar surface area (TPSA) is 63.8 Å². The van der Waals surface area contributed by atoms with Crippen LogP contribution in [0.5, 0.6) is 0 Å². The van der Waals surface area contributed by atoms with E-state index in [1.807, 2.05) is 26.4 Å². The van der Waals surface area contributed by atoms with Crippen molar-refractivity contribution in [3.63, 3.8) is 0 Å². The van der Waals surface area contributed by atoms with Crippen molar-refractivity contribution >= 4 is 32.6 Å². The van der Waals surface area contributed by atoms with E-state index < -0.39 is 6.10 Å². The van der Waals surface area contributed by atoms with Crippen molar-refractivity contribution in [2.24, 2.45) is 7.05 Å². The molecule has 1 saturated carbocycles. The van der Waals surface area contributed by atoms with Crippen molar-refractivity contribution in [3.05, 3.63) is 41.0 Å². The van der Waals surface area contributed by atoms with Gasteiger partial charge in [0.25, 0.3) is 0 Å². The normalized spacial score (nSPS) is 16.0. The van der Waals surface area contributed by atoms with Gasteiger partial charge in [0.1, 0.15) is 4.83 Å². The molecule has 5 nitrogen and oxygen atoms in total. The Morgan fingerprint density at radius 3 is 2.88 bits per heavy atom. The number of hydrogen-bond acceptors (Lipinski definition) is 5. The van der Waals surface area contributed by atoms with Crippen LogP contribution in [0.2, 0.25) is 0 Å². The van der Waals surface area contributed by atoms with Crippen LogP contribution in [0, 0.1) is 0 Å². The first-order chi connectivity index (χ1) is 12.1. The van der Waals surface area contributed by atoms with Crippen molar-refractivity contribution in [1.29, 1.82) is 0 Å². The minimum absolute atomic E-state index is 0.455. The van der Waals surface area contributed by atoms with Crippen molar-refractivity contribution in [1.82, 2.24) is 19.7 Å². The summed E-state index contributed by atoms with van der Waals surface area (Å²) in [7, 11) is 1.90. The van der Waals surface area contributed by atoms with Crippen LogP contribution in [-0.4, -0.2) is 24.9 Å². The van der Waals surface area contributed by atoms with Gasteiger partial charge in [0.05, 0.1) is 11.8 Å². The van der Waals surface area contributed by atoms with E-state index in [1.54, 1.807) is 16.0 Å². The highest BCUT2D eigenvalue weighted by atomic mass is 32.1. The average Bonchev–Trinajstić information content (AvgIpc) is 3.21. The van der Waals surface area contributed by atoms with Crippen LogP contribution in [0.4, 0.5) is 0 Å². The van der Waals surface area contributed by atoms with Gasteiger partial charge in [-0.05, 0) is 49.4 Å². The largest absolute Gasteiger partial charge is 0.388 e. The van der Waals surface area contributed by atoms with E-state index in [0.717, 1.165) is 32.0 Å². The fourth-order valence-corrected chi connectivity index (χ4v) is 4.32. The van der Waals surface area contributed by atoms with E-state index in [9.17, 15) is 5.11 Å². The molecule has 0 unspecified atom stereocenters. The van der Waals surface area contributed by atoms with Gasteiger partial charge in [-0.25, -0.2) is 9.97 Å². The fourth-order valence-electron chi connectivity index (χ4n) is 3.32. The molecule has 1 N–H and O–H groups in total. The zero-order chi connectivity index (χ0) is 17.1. The Hall–Kier alpha value is -2.31. The lowest BCUT2D eigenvalue weighted by Crippen LogP contribution is -1.90. The number of rotatable bonds is 3. The molecule has 0 aromatic carbocycles. The molecule has 0 saturated heterocycles. The number of hydrogen-bond donors (Lipinski definition) is 1. The second-order valence-electron chi connectivity index (χ2n) is 6.85. The van der Waals surface area contributed by atoms with Crippen LogP contribution < -0.4 is 0 Å². The summed E-state index contributed by atoms with van der Waals surface area (Å²) < 4.78 is 1.78. The summed E-state index contributed by atoms with van der Waals surface area (Å²) in [5.74, 6) is 0.621. The van der Waals surface area contributed by atoms with Crippen molar-refractivity contribution < 1.29 is 5.11 Å². The Morgan fingerprint density at radius 2 is 2.12 bits per heavy atom. The lowest BCUT2D eigenvalue weighted by atomic mass is 10.0. The first kappa shape index (κ1) is 15.0. The molecule has 5 rings (SSSR count). The Bertz CT molecular complexity index is 1110. The van der Waals surface area contributed by atoms with Crippen LogP contribution in [0.1, 0.15) is 42.2 Å². The maximum absolute atomic E-state index is 9.94. The van der Waals surface area contributed by atoms with Gasteiger partial charge in [-0.2, -0.15) is 5.10 Å². The van der Waals surface area contributed by atoms with Crippen LogP contribution in [0.15, 0.2) is 30.6 Å². The number of aromatic nitrogens is 4. The molecule has 126 valence electrons. The molecule has 1 aliphatic rings. The Morgan fingerprint density at radius 1 is 1.28 bits per heavy atom. The molecule has 4 heterocycles. The molecule has 25 heavy (non-hydrogen) atoms. The maximum Gasteiger partial charge on any atom is 0.181 e. The van der Waals surface area contributed by atoms with Gasteiger partial charge in [0, 0.05) is 40.7 Å². The number of aliphatic hydroxyl groups is 1. The van der Waals surface area contributed by atoms with Gasteiger partial charge < -0.3 is 5.11 Å². The molecule has 0 bridgehead atoms. The lowest BCUT2D eigenvalue weighted by molar-refractivity contribution is 0.203. The summed E-state index contributed by atoms with van der Waals surface area (Å²) in [6.45, 7) is 1.81. The predicted molar refractivity (Wildman–Crippen MR) is 99.7 cm³/mol. The molecule has 0 spiro atoms. The highest BCUT2D eigenvalue weighted by Gasteiger charge is 2.27. The smallest absolute Gasteiger partial charge is 0.181 e. The highest BCUT2D eigenvalue weighted by Crippen LogP contribution is 2.46. The van der Waals surface area contributed by atoms with Crippen molar-refractivity contribution in [2.45, 2.75) is 31.8 Å². The summed E-state index contributed by atoms with van der Waals surface area (Å²) in [6, 6.07) is 6.42. The zero-order valence-electron chi connectivity index (χ0n) is 14.1. The minimum atomic E-state index is -0.455. The van der Waals surface area contributed by atoms with Crippen LogP contribution in [0.3, 0.4) is 0 Å². The third-order valence-corrected chi connectivity index (χ3v) is 5.95. The van der Waals surface area contributed by atoms with E-state index >= 15 is 0 Å². The van der Waals surface area contributed by atoms with Gasteiger partial charge in [-0.15, -0.1) is 11.3 Å². The second-order valence-corrected chi connectivity index (χ2v) is 7.92. The number of aryl methyl sites for hydroxylation is 1. The summed E-state index contributed by atoms with van der Waals surface area (Å²) in [5.41, 5.74) is 4.07. The molecule has 0 radical (unpaired) electrons. The first-order valence-corrected chi connectivity index (χ1v) is 9.32. The summed E-state index contributed by atoms with van der Waals surface area (Å²) in [6.07, 6.45) is 5.84. The Labute approximate surface area is 149 Å².